The predicted molar refractivity (Wildman–Crippen MR) is 71.7 cm³/mol. The highest BCUT2D eigenvalue weighted by molar-refractivity contribution is 7.80. The Kier molecular flexibility index (Phi) is 4.13. The molecule has 0 unspecified atom stereocenters. The van der Waals surface area contributed by atoms with E-state index in [1.54, 1.807) is 0 Å². The molecule has 0 amide bonds. The van der Waals surface area contributed by atoms with Gasteiger partial charge in [-0.05, 0) is 43.7 Å². The van der Waals surface area contributed by atoms with E-state index in [-0.39, 0.29) is 0 Å². The molecule has 1 saturated heterocycles. The molecule has 16 heavy (non-hydrogen) atoms. The molecule has 0 saturated carbocycles. The van der Waals surface area contributed by atoms with Crippen molar-refractivity contribution in [3.05, 3.63) is 30.3 Å². The number of thiocarbonyl (C=S) groups is 1. The standard InChI is InChI=1S/C12H17N3S/c16-12(14-9-11-7-4-8-13-11)15-10-5-2-1-3-6-10/h1-3,5-6,11,13H,4,7-9H2,(H2,14,15,16)/t11-/m0/s1. The van der Waals surface area contributed by atoms with Gasteiger partial charge in [0.1, 0.15) is 0 Å². The average molecular weight is 235 g/mol. The van der Waals surface area contributed by atoms with E-state index in [4.69, 9.17) is 12.2 Å². The molecular formula is C12H17N3S. The third kappa shape index (κ3) is 3.47. The predicted octanol–water partition coefficient (Wildman–Crippen LogP) is 1.72. The molecule has 0 bridgehead atoms. The lowest BCUT2D eigenvalue weighted by Gasteiger charge is -2.14. The summed E-state index contributed by atoms with van der Waals surface area (Å²) in [7, 11) is 0. The highest BCUT2D eigenvalue weighted by Gasteiger charge is 2.13. The summed E-state index contributed by atoms with van der Waals surface area (Å²) < 4.78 is 0. The Bertz CT molecular complexity index is 333. The second-order valence-corrected chi connectivity index (χ2v) is 4.40. The van der Waals surface area contributed by atoms with Crippen molar-refractivity contribution >= 4 is 23.0 Å². The number of anilines is 1. The summed E-state index contributed by atoms with van der Waals surface area (Å²) in [6.07, 6.45) is 2.51. The molecule has 1 heterocycles. The molecule has 4 heteroatoms. The first-order chi connectivity index (χ1) is 7.84. The zero-order chi connectivity index (χ0) is 11.2. The Morgan fingerprint density at radius 2 is 2.19 bits per heavy atom. The van der Waals surface area contributed by atoms with Gasteiger partial charge in [-0.15, -0.1) is 0 Å². The smallest absolute Gasteiger partial charge is 0.170 e. The summed E-state index contributed by atoms with van der Waals surface area (Å²) in [5.41, 5.74) is 1.03. The van der Waals surface area contributed by atoms with Gasteiger partial charge < -0.3 is 16.0 Å². The molecule has 86 valence electrons. The summed E-state index contributed by atoms with van der Waals surface area (Å²) in [4.78, 5) is 0. The van der Waals surface area contributed by atoms with Crippen molar-refractivity contribution in [3.63, 3.8) is 0 Å². The summed E-state index contributed by atoms with van der Waals surface area (Å²) >= 11 is 5.22. The van der Waals surface area contributed by atoms with Crippen LogP contribution >= 0.6 is 12.2 Å². The van der Waals surface area contributed by atoms with Crippen LogP contribution in [0.25, 0.3) is 0 Å². The van der Waals surface area contributed by atoms with Crippen molar-refractivity contribution < 1.29 is 0 Å². The molecule has 1 aromatic rings. The van der Waals surface area contributed by atoms with Gasteiger partial charge >= 0.3 is 0 Å². The second kappa shape index (κ2) is 5.82. The number of hydrogen-bond acceptors (Lipinski definition) is 2. The van der Waals surface area contributed by atoms with Gasteiger partial charge in [-0.2, -0.15) is 0 Å². The van der Waals surface area contributed by atoms with Crippen molar-refractivity contribution in [3.8, 4) is 0 Å². The SMILES string of the molecule is S=C(NC[C@@H]1CCCN1)Nc1ccccc1. The van der Waals surface area contributed by atoms with Crippen molar-refractivity contribution in [1.29, 1.82) is 0 Å². The lowest BCUT2D eigenvalue weighted by atomic mass is 10.2. The third-order valence-corrected chi connectivity index (χ3v) is 2.95. The van der Waals surface area contributed by atoms with Crippen LogP contribution in [0.4, 0.5) is 5.69 Å². The maximum Gasteiger partial charge on any atom is 0.170 e. The van der Waals surface area contributed by atoms with Crippen molar-refractivity contribution in [1.82, 2.24) is 10.6 Å². The molecule has 3 N–H and O–H groups in total. The Balaban J connectivity index is 1.72. The minimum absolute atomic E-state index is 0.565. The molecule has 0 spiro atoms. The largest absolute Gasteiger partial charge is 0.361 e. The first-order valence-electron chi connectivity index (χ1n) is 5.68. The van der Waals surface area contributed by atoms with Gasteiger partial charge in [-0.3, -0.25) is 0 Å². The molecular weight excluding hydrogens is 218 g/mol. The molecule has 3 nitrogen and oxygen atoms in total. The third-order valence-electron chi connectivity index (χ3n) is 2.70. The zero-order valence-corrected chi connectivity index (χ0v) is 10.0. The van der Waals surface area contributed by atoms with Crippen LogP contribution in [0.2, 0.25) is 0 Å². The summed E-state index contributed by atoms with van der Waals surface area (Å²) in [5.74, 6) is 0. The van der Waals surface area contributed by atoms with E-state index in [1.165, 1.54) is 12.8 Å². The highest BCUT2D eigenvalue weighted by Crippen LogP contribution is 2.05. The Hall–Kier alpha value is -1.13. The summed E-state index contributed by atoms with van der Waals surface area (Å²) in [5, 5.41) is 10.5. The Labute approximate surface area is 102 Å². The maximum absolute atomic E-state index is 5.22. The summed E-state index contributed by atoms with van der Waals surface area (Å²) in [6, 6.07) is 10.5. The molecule has 1 atom stereocenters. The first kappa shape index (κ1) is 11.4. The van der Waals surface area contributed by atoms with Crippen molar-refractivity contribution in [2.75, 3.05) is 18.4 Å². The minimum atomic E-state index is 0.565. The van der Waals surface area contributed by atoms with E-state index in [0.717, 1.165) is 18.8 Å². The van der Waals surface area contributed by atoms with Crippen molar-refractivity contribution in [2.24, 2.45) is 0 Å². The number of rotatable bonds is 3. The van der Waals surface area contributed by atoms with Gasteiger partial charge in [0.15, 0.2) is 5.11 Å². The molecule has 0 radical (unpaired) electrons. The fourth-order valence-electron chi connectivity index (χ4n) is 1.84. The maximum atomic E-state index is 5.22. The van der Waals surface area contributed by atoms with Crippen molar-refractivity contribution in [2.45, 2.75) is 18.9 Å². The molecule has 0 aliphatic carbocycles. The number of para-hydroxylation sites is 1. The molecule has 1 aliphatic rings. The summed E-state index contributed by atoms with van der Waals surface area (Å²) in [6.45, 7) is 2.03. The van der Waals surface area contributed by atoms with Crippen LogP contribution in [-0.4, -0.2) is 24.2 Å². The normalized spacial score (nSPS) is 19.4. The van der Waals surface area contributed by atoms with Crippen LogP contribution in [0, 0.1) is 0 Å². The molecule has 2 rings (SSSR count). The molecule has 0 aromatic heterocycles. The van der Waals surface area contributed by atoms with E-state index in [1.807, 2.05) is 30.3 Å². The second-order valence-electron chi connectivity index (χ2n) is 3.99. The molecule has 1 fully saturated rings. The van der Waals surface area contributed by atoms with Crippen LogP contribution in [0.3, 0.4) is 0 Å². The number of nitrogens with one attached hydrogen (secondary N) is 3. The lowest BCUT2D eigenvalue weighted by Crippen LogP contribution is -2.39. The van der Waals surface area contributed by atoms with E-state index < -0.39 is 0 Å². The quantitative estimate of drug-likeness (QED) is 0.697. The van der Waals surface area contributed by atoms with Crippen LogP contribution in [-0.2, 0) is 0 Å². The van der Waals surface area contributed by atoms with Gasteiger partial charge in [0.05, 0.1) is 0 Å². The average Bonchev–Trinajstić information content (AvgIpc) is 2.81. The first-order valence-corrected chi connectivity index (χ1v) is 6.09. The van der Waals surface area contributed by atoms with Crippen LogP contribution < -0.4 is 16.0 Å². The van der Waals surface area contributed by atoms with Gasteiger partial charge in [0.25, 0.3) is 0 Å². The Morgan fingerprint density at radius 3 is 2.88 bits per heavy atom. The molecule has 1 aromatic carbocycles. The minimum Gasteiger partial charge on any atom is -0.361 e. The van der Waals surface area contributed by atoms with E-state index >= 15 is 0 Å². The van der Waals surface area contributed by atoms with Gasteiger partial charge in [-0.25, -0.2) is 0 Å². The van der Waals surface area contributed by atoms with E-state index in [0.29, 0.717) is 11.2 Å². The van der Waals surface area contributed by atoms with Gasteiger partial charge in [0, 0.05) is 18.3 Å². The Morgan fingerprint density at radius 1 is 1.38 bits per heavy atom. The zero-order valence-electron chi connectivity index (χ0n) is 9.20. The lowest BCUT2D eigenvalue weighted by molar-refractivity contribution is 0.591. The van der Waals surface area contributed by atoms with Crippen LogP contribution in [0.5, 0.6) is 0 Å². The van der Waals surface area contributed by atoms with E-state index in [9.17, 15) is 0 Å². The number of hydrogen-bond donors (Lipinski definition) is 3. The van der Waals surface area contributed by atoms with Gasteiger partial charge in [-0.1, -0.05) is 18.2 Å². The van der Waals surface area contributed by atoms with Crippen LogP contribution in [0.15, 0.2) is 30.3 Å². The van der Waals surface area contributed by atoms with Crippen LogP contribution in [0.1, 0.15) is 12.8 Å². The topological polar surface area (TPSA) is 36.1 Å². The molecule has 1 aliphatic heterocycles. The highest BCUT2D eigenvalue weighted by atomic mass is 32.1. The van der Waals surface area contributed by atoms with Gasteiger partial charge in [0.2, 0.25) is 0 Å². The number of benzene rings is 1. The monoisotopic (exact) mass is 235 g/mol. The fourth-order valence-corrected chi connectivity index (χ4v) is 2.04. The fraction of sp³-hybridized carbons (Fsp3) is 0.417. The van der Waals surface area contributed by atoms with E-state index in [2.05, 4.69) is 16.0 Å².